The van der Waals surface area contributed by atoms with Crippen LogP contribution in [-0.4, -0.2) is 44.8 Å². The zero-order valence-electron chi connectivity index (χ0n) is 14.8. The van der Waals surface area contributed by atoms with E-state index in [1.807, 2.05) is 0 Å². The van der Waals surface area contributed by atoms with E-state index in [0.717, 1.165) is 13.1 Å². The van der Waals surface area contributed by atoms with Gasteiger partial charge in [0, 0.05) is 18.1 Å². The highest BCUT2D eigenvalue weighted by Crippen LogP contribution is 2.33. The lowest BCUT2D eigenvalue weighted by Gasteiger charge is -2.35. The van der Waals surface area contributed by atoms with Crippen molar-refractivity contribution < 1.29 is 18.7 Å². The van der Waals surface area contributed by atoms with Gasteiger partial charge in [-0.3, -0.25) is 4.79 Å². The predicted molar refractivity (Wildman–Crippen MR) is 99.1 cm³/mol. The van der Waals surface area contributed by atoms with Crippen molar-refractivity contribution in [1.29, 1.82) is 0 Å². The second-order valence-electron chi connectivity index (χ2n) is 6.30. The van der Waals surface area contributed by atoms with Gasteiger partial charge in [0.05, 0.1) is 24.8 Å². The molecular formula is C18H22FN3O3S. The summed E-state index contributed by atoms with van der Waals surface area (Å²) in [5.74, 6) is -0.343. The molecule has 1 saturated heterocycles. The fourth-order valence-corrected chi connectivity index (χ4v) is 3.85. The van der Waals surface area contributed by atoms with Gasteiger partial charge in [-0.1, -0.05) is 0 Å². The third kappa shape index (κ3) is 3.87. The molecule has 0 radical (unpaired) electrons. The lowest BCUT2D eigenvalue weighted by Crippen LogP contribution is -2.47. The smallest absolute Gasteiger partial charge is 0.234 e. The average Bonchev–Trinajstić information content (AvgIpc) is 3.11. The molecule has 0 aliphatic carbocycles. The molecule has 1 aromatic heterocycles. The summed E-state index contributed by atoms with van der Waals surface area (Å²) < 4.78 is 24.1. The zero-order valence-corrected chi connectivity index (χ0v) is 15.6. The van der Waals surface area contributed by atoms with Crippen molar-refractivity contribution >= 4 is 22.4 Å². The molecule has 2 N–H and O–H groups in total. The average molecular weight is 379 g/mol. The SMILES string of the molecule is COCC1(C(=O)Nc2nc(-c3ccc(OC)c(F)c3)cs2)CCNCC1. The summed E-state index contributed by atoms with van der Waals surface area (Å²) in [6.07, 6.45) is 1.43. The molecule has 2 heterocycles. The number of carbonyl (C=O) groups is 1. The van der Waals surface area contributed by atoms with Crippen LogP contribution in [0.1, 0.15) is 12.8 Å². The molecule has 1 fully saturated rings. The van der Waals surface area contributed by atoms with Crippen molar-refractivity contribution in [3.63, 3.8) is 0 Å². The summed E-state index contributed by atoms with van der Waals surface area (Å²) in [5, 5.41) is 8.46. The Morgan fingerprint density at radius 1 is 1.38 bits per heavy atom. The largest absolute Gasteiger partial charge is 0.494 e. The van der Waals surface area contributed by atoms with Crippen molar-refractivity contribution in [2.75, 3.05) is 39.2 Å². The number of piperidine rings is 1. The Morgan fingerprint density at radius 3 is 2.81 bits per heavy atom. The molecule has 2 aromatic rings. The first kappa shape index (κ1) is 18.8. The molecule has 0 spiro atoms. The maximum atomic E-state index is 13.9. The second kappa shape index (κ2) is 8.11. The summed E-state index contributed by atoms with van der Waals surface area (Å²) in [5.41, 5.74) is 0.699. The van der Waals surface area contributed by atoms with Crippen molar-refractivity contribution in [3.05, 3.63) is 29.4 Å². The first-order valence-corrected chi connectivity index (χ1v) is 9.26. The van der Waals surface area contributed by atoms with Crippen LogP contribution >= 0.6 is 11.3 Å². The molecule has 26 heavy (non-hydrogen) atoms. The Bertz CT molecular complexity index is 769. The lowest BCUT2D eigenvalue weighted by molar-refractivity contribution is -0.130. The summed E-state index contributed by atoms with van der Waals surface area (Å²) in [7, 11) is 3.03. The highest BCUT2D eigenvalue weighted by atomic mass is 32.1. The summed E-state index contributed by atoms with van der Waals surface area (Å²) in [6, 6.07) is 4.67. The number of anilines is 1. The number of methoxy groups -OCH3 is 2. The van der Waals surface area contributed by atoms with E-state index < -0.39 is 11.2 Å². The van der Waals surface area contributed by atoms with Crippen molar-refractivity contribution in [2.24, 2.45) is 5.41 Å². The van der Waals surface area contributed by atoms with E-state index in [2.05, 4.69) is 15.6 Å². The predicted octanol–water partition coefficient (Wildman–Crippen LogP) is 2.91. The third-order valence-electron chi connectivity index (χ3n) is 4.64. The quantitative estimate of drug-likeness (QED) is 0.807. The Hall–Kier alpha value is -2.03. The normalized spacial score (nSPS) is 16.3. The molecule has 8 heteroatoms. The van der Waals surface area contributed by atoms with Gasteiger partial charge in [-0.15, -0.1) is 11.3 Å². The molecule has 1 aliphatic heterocycles. The monoisotopic (exact) mass is 379 g/mol. The van der Waals surface area contributed by atoms with Crippen LogP contribution in [-0.2, 0) is 9.53 Å². The molecule has 1 aliphatic rings. The number of hydrogen-bond donors (Lipinski definition) is 2. The van der Waals surface area contributed by atoms with E-state index in [-0.39, 0.29) is 11.7 Å². The van der Waals surface area contributed by atoms with E-state index in [1.165, 1.54) is 24.5 Å². The number of benzene rings is 1. The first-order chi connectivity index (χ1) is 12.6. The molecule has 3 rings (SSSR count). The number of aromatic nitrogens is 1. The van der Waals surface area contributed by atoms with Crippen LogP contribution in [0.3, 0.4) is 0 Å². The molecular weight excluding hydrogens is 357 g/mol. The minimum Gasteiger partial charge on any atom is -0.494 e. The maximum absolute atomic E-state index is 13.9. The Morgan fingerprint density at radius 2 is 2.15 bits per heavy atom. The molecule has 140 valence electrons. The minimum atomic E-state index is -0.544. The molecule has 1 amide bonds. The van der Waals surface area contributed by atoms with Gasteiger partial charge in [-0.25, -0.2) is 9.37 Å². The Kier molecular flexibility index (Phi) is 5.85. The van der Waals surface area contributed by atoms with Crippen LogP contribution in [0.15, 0.2) is 23.6 Å². The molecule has 0 bridgehead atoms. The van der Waals surface area contributed by atoms with E-state index in [4.69, 9.17) is 9.47 Å². The number of nitrogens with one attached hydrogen (secondary N) is 2. The van der Waals surface area contributed by atoms with E-state index in [0.29, 0.717) is 35.8 Å². The van der Waals surface area contributed by atoms with Gasteiger partial charge in [0.15, 0.2) is 16.7 Å². The lowest BCUT2D eigenvalue weighted by atomic mass is 9.79. The number of ether oxygens (including phenoxy) is 2. The molecule has 6 nitrogen and oxygen atoms in total. The van der Waals surface area contributed by atoms with Crippen molar-refractivity contribution in [3.8, 4) is 17.0 Å². The van der Waals surface area contributed by atoms with Crippen LogP contribution in [0, 0.1) is 11.2 Å². The van der Waals surface area contributed by atoms with Crippen LogP contribution < -0.4 is 15.4 Å². The van der Waals surface area contributed by atoms with Crippen molar-refractivity contribution in [1.82, 2.24) is 10.3 Å². The van der Waals surface area contributed by atoms with Gasteiger partial charge >= 0.3 is 0 Å². The number of rotatable bonds is 6. The Labute approximate surface area is 155 Å². The highest BCUT2D eigenvalue weighted by Gasteiger charge is 2.40. The van der Waals surface area contributed by atoms with Crippen molar-refractivity contribution in [2.45, 2.75) is 12.8 Å². The summed E-state index contributed by atoms with van der Waals surface area (Å²) >= 11 is 1.32. The maximum Gasteiger partial charge on any atom is 0.234 e. The van der Waals surface area contributed by atoms with E-state index >= 15 is 0 Å². The fraction of sp³-hybridized carbons (Fsp3) is 0.444. The van der Waals surface area contributed by atoms with E-state index in [9.17, 15) is 9.18 Å². The highest BCUT2D eigenvalue weighted by molar-refractivity contribution is 7.14. The molecule has 0 unspecified atom stereocenters. The topological polar surface area (TPSA) is 72.5 Å². The van der Waals surface area contributed by atoms with Gasteiger partial charge in [-0.05, 0) is 44.1 Å². The van der Waals surface area contributed by atoms with Gasteiger partial charge < -0.3 is 20.1 Å². The molecule has 1 aromatic carbocycles. The summed E-state index contributed by atoms with van der Waals surface area (Å²) in [6.45, 7) is 1.94. The zero-order chi connectivity index (χ0) is 18.6. The van der Waals surface area contributed by atoms with Gasteiger partial charge in [-0.2, -0.15) is 0 Å². The summed E-state index contributed by atoms with van der Waals surface area (Å²) in [4.78, 5) is 17.3. The van der Waals surface area contributed by atoms with Crippen LogP contribution in [0.4, 0.5) is 9.52 Å². The Balaban J connectivity index is 1.75. The standard InChI is InChI=1S/C18H22FN3O3S/c1-24-11-18(5-7-20-8-6-18)16(23)22-17-21-14(10-26-17)12-3-4-15(25-2)13(19)9-12/h3-4,9-10,20H,5-8,11H2,1-2H3,(H,21,22,23). The van der Waals surface area contributed by atoms with Crippen LogP contribution in [0.25, 0.3) is 11.3 Å². The number of hydrogen-bond acceptors (Lipinski definition) is 6. The number of nitrogens with zero attached hydrogens (tertiary/aromatic N) is 1. The number of amides is 1. The van der Waals surface area contributed by atoms with Gasteiger partial charge in [0.2, 0.25) is 5.91 Å². The van der Waals surface area contributed by atoms with Gasteiger partial charge in [0.1, 0.15) is 0 Å². The van der Waals surface area contributed by atoms with Gasteiger partial charge in [0.25, 0.3) is 0 Å². The number of carbonyl (C=O) groups excluding carboxylic acids is 1. The van der Waals surface area contributed by atoms with E-state index in [1.54, 1.807) is 24.6 Å². The fourth-order valence-electron chi connectivity index (χ4n) is 3.14. The molecule has 0 saturated carbocycles. The first-order valence-electron chi connectivity index (χ1n) is 8.38. The second-order valence-corrected chi connectivity index (χ2v) is 7.16. The number of halogens is 1. The third-order valence-corrected chi connectivity index (χ3v) is 5.39. The number of thiazole rings is 1. The van der Waals surface area contributed by atoms with Crippen LogP contribution in [0.2, 0.25) is 0 Å². The minimum absolute atomic E-state index is 0.0809. The van der Waals surface area contributed by atoms with Crippen LogP contribution in [0.5, 0.6) is 5.75 Å². The molecule has 0 atom stereocenters.